The molecule has 0 aromatic heterocycles. The third-order valence-electron chi connectivity index (χ3n) is 3.88. The van der Waals surface area contributed by atoms with Crippen LogP contribution in [0.3, 0.4) is 0 Å². The third kappa shape index (κ3) is 1.43. The molecule has 0 aliphatic heterocycles. The van der Waals surface area contributed by atoms with E-state index >= 15 is 0 Å². The van der Waals surface area contributed by atoms with E-state index in [2.05, 4.69) is 13.0 Å². The molecule has 17 heavy (non-hydrogen) atoms. The van der Waals surface area contributed by atoms with Crippen LogP contribution in [0.1, 0.15) is 23.6 Å². The minimum Gasteiger partial charge on any atom is -0.380 e. The highest BCUT2D eigenvalue weighted by Gasteiger charge is 2.43. The summed E-state index contributed by atoms with van der Waals surface area (Å²) in [4.78, 5) is 0. The highest BCUT2D eigenvalue weighted by atomic mass is 16.3. The number of rotatable bonds is 1. The lowest BCUT2D eigenvalue weighted by molar-refractivity contribution is 0.0380. The summed E-state index contributed by atoms with van der Waals surface area (Å²) in [5.74, 6) is 0.224. The van der Waals surface area contributed by atoms with Crippen LogP contribution in [-0.2, 0) is 12.0 Å². The number of hydrogen-bond acceptors (Lipinski definition) is 1. The summed E-state index contributed by atoms with van der Waals surface area (Å²) in [6, 6.07) is 18.2. The quantitative estimate of drug-likeness (QED) is 0.789. The highest BCUT2D eigenvalue weighted by molar-refractivity contribution is 5.46. The summed E-state index contributed by atoms with van der Waals surface area (Å²) in [5.41, 5.74) is 2.51. The van der Waals surface area contributed by atoms with Gasteiger partial charge in [0, 0.05) is 0 Å². The van der Waals surface area contributed by atoms with E-state index in [4.69, 9.17) is 0 Å². The van der Waals surface area contributed by atoms with Crippen molar-refractivity contribution < 1.29 is 5.11 Å². The molecular weight excluding hydrogens is 208 g/mol. The minimum absolute atomic E-state index is 0.224. The van der Waals surface area contributed by atoms with Gasteiger partial charge in [-0.3, -0.25) is 0 Å². The fraction of sp³-hybridized carbons (Fsp3) is 0.250. The summed E-state index contributed by atoms with van der Waals surface area (Å²) < 4.78 is 0. The summed E-state index contributed by atoms with van der Waals surface area (Å²) in [5, 5.41) is 11.1. The maximum absolute atomic E-state index is 11.1. The maximum Gasteiger partial charge on any atom is 0.118 e. The first kappa shape index (κ1) is 10.5. The van der Waals surface area contributed by atoms with Crippen molar-refractivity contribution in [2.45, 2.75) is 18.9 Å². The zero-order chi connectivity index (χ0) is 11.9. The third-order valence-corrected chi connectivity index (χ3v) is 3.88. The van der Waals surface area contributed by atoms with Crippen molar-refractivity contribution in [3.05, 3.63) is 71.3 Å². The molecule has 1 aliphatic rings. The van der Waals surface area contributed by atoms with E-state index in [1.807, 2.05) is 48.5 Å². The van der Waals surface area contributed by atoms with E-state index in [1.54, 1.807) is 0 Å². The van der Waals surface area contributed by atoms with E-state index in [-0.39, 0.29) is 5.92 Å². The van der Waals surface area contributed by atoms with E-state index in [0.29, 0.717) is 0 Å². The van der Waals surface area contributed by atoms with Gasteiger partial charge in [-0.05, 0) is 29.0 Å². The van der Waals surface area contributed by atoms with Gasteiger partial charge in [0.15, 0.2) is 0 Å². The SMILES string of the molecule is C[C@H]1Cc2ccccc2[C@]1(O)c1ccccc1. The highest BCUT2D eigenvalue weighted by Crippen LogP contribution is 2.45. The molecule has 0 radical (unpaired) electrons. The van der Waals surface area contributed by atoms with Crippen LogP contribution in [-0.4, -0.2) is 5.11 Å². The number of fused-ring (bicyclic) bond motifs is 1. The molecule has 0 spiro atoms. The van der Waals surface area contributed by atoms with Crippen LogP contribution in [0.2, 0.25) is 0 Å². The second kappa shape index (κ2) is 3.71. The van der Waals surface area contributed by atoms with Gasteiger partial charge in [0.05, 0.1) is 0 Å². The molecule has 86 valence electrons. The molecule has 1 nitrogen and oxygen atoms in total. The topological polar surface area (TPSA) is 20.2 Å². The normalized spacial score (nSPS) is 26.8. The Morgan fingerprint density at radius 2 is 1.65 bits per heavy atom. The minimum atomic E-state index is -0.822. The summed E-state index contributed by atoms with van der Waals surface area (Å²) in [6.45, 7) is 2.12. The lowest BCUT2D eigenvalue weighted by Gasteiger charge is -2.29. The zero-order valence-corrected chi connectivity index (χ0v) is 9.93. The first-order chi connectivity index (χ1) is 8.23. The Kier molecular flexibility index (Phi) is 2.30. The van der Waals surface area contributed by atoms with Crippen molar-refractivity contribution >= 4 is 0 Å². The average molecular weight is 224 g/mol. The summed E-state index contributed by atoms with van der Waals surface area (Å²) >= 11 is 0. The van der Waals surface area contributed by atoms with Crippen molar-refractivity contribution in [3.63, 3.8) is 0 Å². The van der Waals surface area contributed by atoms with E-state index in [9.17, 15) is 5.11 Å². The molecule has 2 aromatic carbocycles. The number of benzene rings is 2. The van der Waals surface area contributed by atoms with Gasteiger partial charge >= 0.3 is 0 Å². The van der Waals surface area contributed by atoms with Crippen LogP contribution in [0.4, 0.5) is 0 Å². The van der Waals surface area contributed by atoms with Gasteiger partial charge in [0.2, 0.25) is 0 Å². The van der Waals surface area contributed by atoms with E-state index < -0.39 is 5.60 Å². The Bertz CT molecular complexity index is 532. The monoisotopic (exact) mass is 224 g/mol. The van der Waals surface area contributed by atoms with Crippen molar-refractivity contribution in [2.24, 2.45) is 5.92 Å². The molecule has 2 atom stereocenters. The molecule has 2 aromatic rings. The standard InChI is InChI=1S/C16H16O/c1-12-11-13-7-5-6-10-15(13)16(12,17)14-8-3-2-4-9-14/h2-10,12,17H,11H2,1H3/t12-,16+/m0/s1. The van der Waals surface area contributed by atoms with Crippen LogP contribution >= 0.6 is 0 Å². The fourth-order valence-corrected chi connectivity index (χ4v) is 2.95. The zero-order valence-electron chi connectivity index (χ0n) is 9.93. The molecule has 0 saturated heterocycles. The van der Waals surface area contributed by atoms with Gasteiger partial charge in [0.25, 0.3) is 0 Å². The van der Waals surface area contributed by atoms with Crippen molar-refractivity contribution in [2.75, 3.05) is 0 Å². The van der Waals surface area contributed by atoms with Gasteiger partial charge in [-0.2, -0.15) is 0 Å². The van der Waals surface area contributed by atoms with E-state index in [1.165, 1.54) is 5.56 Å². The molecular formula is C16H16O. The predicted molar refractivity (Wildman–Crippen MR) is 68.8 cm³/mol. The number of aliphatic hydroxyl groups is 1. The van der Waals surface area contributed by atoms with Gasteiger partial charge in [0.1, 0.15) is 5.60 Å². The Balaban J connectivity index is 2.20. The second-order valence-electron chi connectivity index (χ2n) is 4.89. The van der Waals surface area contributed by atoms with Gasteiger partial charge < -0.3 is 5.11 Å². The predicted octanol–water partition coefficient (Wildman–Crippen LogP) is 3.11. The largest absolute Gasteiger partial charge is 0.380 e. The van der Waals surface area contributed by atoms with Crippen molar-refractivity contribution in [3.8, 4) is 0 Å². The van der Waals surface area contributed by atoms with Crippen LogP contribution in [0.5, 0.6) is 0 Å². The molecule has 0 unspecified atom stereocenters. The first-order valence-electron chi connectivity index (χ1n) is 6.09. The second-order valence-corrected chi connectivity index (χ2v) is 4.89. The molecule has 1 N–H and O–H groups in total. The lowest BCUT2D eigenvalue weighted by Crippen LogP contribution is -2.30. The Morgan fingerprint density at radius 1 is 1.00 bits per heavy atom. The first-order valence-corrected chi connectivity index (χ1v) is 6.09. The summed E-state index contributed by atoms with van der Waals surface area (Å²) in [6.07, 6.45) is 0.946. The van der Waals surface area contributed by atoms with Crippen LogP contribution in [0, 0.1) is 5.92 Å². The summed E-state index contributed by atoms with van der Waals surface area (Å²) in [7, 11) is 0. The van der Waals surface area contributed by atoms with Gasteiger partial charge in [-0.25, -0.2) is 0 Å². The molecule has 0 heterocycles. The maximum atomic E-state index is 11.1. The molecule has 0 saturated carbocycles. The Hall–Kier alpha value is -1.60. The fourth-order valence-electron chi connectivity index (χ4n) is 2.95. The molecule has 3 rings (SSSR count). The van der Waals surface area contributed by atoms with Crippen molar-refractivity contribution in [1.29, 1.82) is 0 Å². The molecule has 1 heteroatoms. The lowest BCUT2D eigenvalue weighted by atomic mass is 9.82. The smallest absolute Gasteiger partial charge is 0.118 e. The van der Waals surface area contributed by atoms with Crippen molar-refractivity contribution in [1.82, 2.24) is 0 Å². The average Bonchev–Trinajstić information content (AvgIpc) is 2.64. The Labute approximate surface area is 102 Å². The van der Waals surface area contributed by atoms with Gasteiger partial charge in [-0.15, -0.1) is 0 Å². The van der Waals surface area contributed by atoms with E-state index in [0.717, 1.165) is 17.5 Å². The van der Waals surface area contributed by atoms with Crippen LogP contribution < -0.4 is 0 Å². The van der Waals surface area contributed by atoms with Gasteiger partial charge in [-0.1, -0.05) is 61.5 Å². The molecule has 0 bridgehead atoms. The van der Waals surface area contributed by atoms with Crippen LogP contribution in [0.15, 0.2) is 54.6 Å². The Morgan fingerprint density at radius 3 is 2.41 bits per heavy atom. The number of hydrogen-bond donors (Lipinski definition) is 1. The molecule has 0 amide bonds. The molecule has 0 fully saturated rings. The molecule has 1 aliphatic carbocycles. The van der Waals surface area contributed by atoms with Crippen LogP contribution in [0.25, 0.3) is 0 Å².